The van der Waals surface area contributed by atoms with Gasteiger partial charge in [0, 0.05) is 44.0 Å². The molecule has 0 heterocycles. The predicted octanol–water partition coefficient (Wildman–Crippen LogP) is 2.86. The number of likely N-dealkylation sites (N-methyl/N-ethyl adjacent to an activating group) is 1. The highest BCUT2D eigenvalue weighted by Gasteiger charge is 2.05. The SMILES string of the molecule is COCCCN(C)C(=O)/C=C/c1cc(Cl)ccc1OC. The zero-order valence-electron chi connectivity index (χ0n) is 12.1. The maximum atomic E-state index is 11.9. The monoisotopic (exact) mass is 297 g/mol. The van der Waals surface area contributed by atoms with E-state index in [9.17, 15) is 4.79 Å². The summed E-state index contributed by atoms with van der Waals surface area (Å²) < 4.78 is 10.2. The van der Waals surface area contributed by atoms with Gasteiger partial charge in [-0.25, -0.2) is 0 Å². The van der Waals surface area contributed by atoms with Gasteiger partial charge in [0.25, 0.3) is 0 Å². The highest BCUT2D eigenvalue weighted by molar-refractivity contribution is 6.30. The maximum Gasteiger partial charge on any atom is 0.246 e. The van der Waals surface area contributed by atoms with Gasteiger partial charge in [0.2, 0.25) is 5.91 Å². The Kier molecular flexibility index (Phi) is 7.12. The summed E-state index contributed by atoms with van der Waals surface area (Å²) in [5.41, 5.74) is 0.777. The van der Waals surface area contributed by atoms with E-state index >= 15 is 0 Å². The van der Waals surface area contributed by atoms with E-state index < -0.39 is 0 Å². The molecule has 0 unspecified atom stereocenters. The summed E-state index contributed by atoms with van der Waals surface area (Å²) in [6, 6.07) is 5.28. The quantitative estimate of drug-likeness (QED) is 0.574. The van der Waals surface area contributed by atoms with Gasteiger partial charge >= 0.3 is 0 Å². The van der Waals surface area contributed by atoms with E-state index in [2.05, 4.69) is 0 Å². The molecule has 4 nitrogen and oxygen atoms in total. The van der Waals surface area contributed by atoms with E-state index in [4.69, 9.17) is 21.1 Å². The number of halogens is 1. The number of nitrogens with zero attached hydrogens (tertiary/aromatic N) is 1. The number of carbonyl (C=O) groups is 1. The van der Waals surface area contributed by atoms with Crippen LogP contribution in [0, 0.1) is 0 Å². The molecule has 1 rings (SSSR count). The molecule has 0 spiro atoms. The lowest BCUT2D eigenvalue weighted by Gasteiger charge is -2.14. The molecule has 0 radical (unpaired) electrons. The molecule has 0 aliphatic carbocycles. The van der Waals surface area contributed by atoms with Crippen LogP contribution in [-0.2, 0) is 9.53 Å². The molecule has 20 heavy (non-hydrogen) atoms. The lowest BCUT2D eigenvalue weighted by Crippen LogP contribution is -2.26. The number of hydrogen-bond donors (Lipinski definition) is 0. The Labute approximate surface area is 124 Å². The largest absolute Gasteiger partial charge is 0.496 e. The molecule has 0 fully saturated rings. The summed E-state index contributed by atoms with van der Waals surface area (Å²) in [7, 11) is 4.99. The Bertz CT molecular complexity index is 474. The van der Waals surface area contributed by atoms with Crippen molar-refractivity contribution in [3.8, 4) is 5.75 Å². The average molecular weight is 298 g/mol. The summed E-state index contributed by atoms with van der Waals surface area (Å²) in [4.78, 5) is 13.6. The zero-order chi connectivity index (χ0) is 15.0. The first-order valence-corrected chi connectivity index (χ1v) is 6.72. The average Bonchev–Trinajstić information content (AvgIpc) is 2.45. The van der Waals surface area contributed by atoms with E-state index in [1.54, 1.807) is 50.4 Å². The van der Waals surface area contributed by atoms with Crippen molar-refractivity contribution in [1.29, 1.82) is 0 Å². The number of amides is 1. The fourth-order valence-electron chi connectivity index (χ4n) is 1.68. The van der Waals surface area contributed by atoms with E-state index in [0.717, 1.165) is 12.0 Å². The summed E-state index contributed by atoms with van der Waals surface area (Å²) in [5.74, 6) is 0.614. The van der Waals surface area contributed by atoms with Crippen LogP contribution in [0.1, 0.15) is 12.0 Å². The topological polar surface area (TPSA) is 38.8 Å². The Morgan fingerprint density at radius 2 is 2.15 bits per heavy atom. The summed E-state index contributed by atoms with van der Waals surface area (Å²) in [6.45, 7) is 1.30. The first-order valence-electron chi connectivity index (χ1n) is 6.34. The zero-order valence-corrected chi connectivity index (χ0v) is 12.8. The Morgan fingerprint density at radius 3 is 2.80 bits per heavy atom. The maximum absolute atomic E-state index is 11.9. The van der Waals surface area contributed by atoms with Gasteiger partial charge in [0.05, 0.1) is 7.11 Å². The van der Waals surface area contributed by atoms with Crippen molar-refractivity contribution >= 4 is 23.6 Å². The van der Waals surface area contributed by atoms with Crippen molar-refractivity contribution < 1.29 is 14.3 Å². The van der Waals surface area contributed by atoms with Gasteiger partial charge in [0.1, 0.15) is 5.75 Å². The van der Waals surface area contributed by atoms with Gasteiger partial charge in [-0.05, 0) is 30.7 Å². The van der Waals surface area contributed by atoms with E-state index in [1.165, 1.54) is 6.08 Å². The molecule has 0 aliphatic heterocycles. The molecule has 0 aliphatic rings. The lowest BCUT2D eigenvalue weighted by atomic mass is 10.2. The van der Waals surface area contributed by atoms with Gasteiger partial charge in [-0.1, -0.05) is 11.6 Å². The van der Waals surface area contributed by atoms with Crippen molar-refractivity contribution in [2.75, 3.05) is 34.4 Å². The highest BCUT2D eigenvalue weighted by Crippen LogP contribution is 2.23. The van der Waals surface area contributed by atoms with Crippen LogP contribution in [-0.4, -0.2) is 45.2 Å². The molecular formula is C15H20ClNO3. The van der Waals surface area contributed by atoms with Crippen molar-refractivity contribution in [2.45, 2.75) is 6.42 Å². The van der Waals surface area contributed by atoms with Crippen molar-refractivity contribution in [3.63, 3.8) is 0 Å². The smallest absolute Gasteiger partial charge is 0.246 e. The minimum absolute atomic E-state index is 0.0665. The van der Waals surface area contributed by atoms with Gasteiger partial charge in [-0.3, -0.25) is 4.79 Å². The van der Waals surface area contributed by atoms with Crippen LogP contribution in [0.4, 0.5) is 0 Å². The molecule has 0 saturated heterocycles. The molecule has 0 aromatic heterocycles. The molecule has 0 N–H and O–H groups in total. The fraction of sp³-hybridized carbons (Fsp3) is 0.400. The van der Waals surface area contributed by atoms with Gasteiger partial charge in [-0.2, -0.15) is 0 Å². The minimum atomic E-state index is -0.0665. The molecule has 0 bridgehead atoms. The van der Waals surface area contributed by atoms with Crippen LogP contribution in [0.15, 0.2) is 24.3 Å². The second-order valence-electron chi connectivity index (χ2n) is 4.33. The summed E-state index contributed by atoms with van der Waals surface area (Å²) >= 11 is 5.94. The van der Waals surface area contributed by atoms with E-state index in [1.807, 2.05) is 0 Å². The van der Waals surface area contributed by atoms with Crippen LogP contribution >= 0.6 is 11.6 Å². The van der Waals surface area contributed by atoms with Gasteiger partial charge in [0.15, 0.2) is 0 Å². The number of hydrogen-bond acceptors (Lipinski definition) is 3. The number of rotatable bonds is 7. The van der Waals surface area contributed by atoms with E-state index in [0.29, 0.717) is 23.9 Å². The molecule has 110 valence electrons. The lowest BCUT2D eigenvalue weighted by molar-refractivity contribution is -0.124. The molecule has 1 amide bonds. The predicted molar refractivity (Wildman–Crippen MR) is 81.2 cm³/mol. The number of ether oxygens (including phenoxy) is 2. The standard InChI is InChI=1S/C15H20ClNO3/c1-17(9-4-10-19-2)15(18)8-5-12-11-13(16)6-7-14(12)20-3/h5-8,11H,4,9-10H2,1-3H3/b8-5+. The third kappa shape index (κ3) is 5.23. The van der Waals surface area contributed by atoms with Gasteiger partial charge < -0.3 is 14.4 Å². The fourth-order valence-corrected chi connectivity index (χ4v) is 1.86. The number of carbonyl (C=O) groups excluding carboxylic acids is 1. The first-order chi connectivity index (χ1) is 9.58. The summed E-state index contributed by atoms with van der Waals surface area (Å²) in [6.07, 6.45) is 4.04. The highest BCUT2D eigenvalue weighted by atomic mass is 35.5. The second kappa shape index (κ2) is 8.61. The van der Waals surface area contributed by atoms with Crippen LogP contribution in [0.3, 0.4) is 0 Å². The Hall–Kier alpha value is -1.52. The molecule has 1 aromatic carbocycles. The second-order valence-corrected chi connectivity index (χ2v) is 4.76. The van der Waals surface area contributed by atoms with Crippen molar-refractivity contribution in [2.24, 2.45) is 0 Å². The molecule has 0 saturated carbocycles. The number of benzene rings is 1. The van der Waals surface area contributed by atoms with Crippen molar-refractivity contribution in [3.05, 3.63) is 34.9 Å². The van der Waals surface area contributed by atoms with Crippen LogP contribution in [0.5, 0.6) is 5.75 Å². The number of methoxy groups -OCH3 is 2. The van der Waals surface area contributed by atoms with Crippen LogP contribution in [0.2, 0.25) is 5.02 Å². The van der Waals surface area contributed by atoms with Crippen LogP contribution in [0.25, 0.3) is 6.08 Å². The first kappa shape index (κ1) is 16.5. The minimum Gasteiger partial charge on any atom is -0.496 e. The normalized spacial score (nSPS) is 10.8. The third-order valence-corrected chi connectivity index (χ3v) is 3.05. The van der Waals surface area contributed by atoms with Crippen molar-refractivity contribution in [1.82, 2.24) is 4.90 Å². The molecule has 1 aromatic rings. The Balaban J connectivity index is 2.67. The van der Waals surface area contributed by atoms with Gasteiger partial charge in [-0.15, -0.1) is 0 Å². The Morgan fingerprint density at radius 1 is 1.40 bits per heavy atom. The van der Waals surface area contributed by atoms with E-state index in [-0.39, 0.29) is 5.91 Å². The van der Waals surface area contributed by atoms with Crippen LogP contribution < -0.4 is 4.74 Å². The molecule has 5 heteroatoms. The molecular weight excluding hydrogens is 278 g/mol. The molecule has 0 atom stereocenters. The summed E-state index contributed by atoms with van der Waals surface area (Å²) in [5, 5.41) is 0.603. The third-order valence-electron chi connectivity index (χ3n) is 2.82.